The van der Waals surface area contributed by atoms with Gasteiger partial charge in [-0.2, -0.15) is 13.2 Å². The second-order valence-electron chi connectivity index (χ2n) is 11.8. The first-order chi connectivity index (χ1) is 36.5. The van der Waals surface area contributed by atoms with Crippen LogP contribution in [0, 0.1) is 35.5 Å². The molecule has 0 saturated heterocycles. The molecule has 0 heterocycles. The molecule has 0 aromatic heterocycles. The maximum absolute atomic E-state index is 10.4. The summed E-state index contributed by atoms with van der Waals surface area (Å²) < 4.78 is 31.1. The fourth-order valence-electron chi connectivity index (χ4n) is 0. The summed E-state index contributed by atoms with van der Waals surface area (Å²) >= 11 is 0. The summed E-state index contributed by atoms with van der Waals surface area (Å²) in [4.78, 5) is 88.0. The molecular formula is C55H160F3N11O12. The van der Waals surface area contributed by atoms with Gasteiger partial charge < -0.3 is 123 Å². The zero-order chi connectivity index (χ0) is 72.2. The van der Waals surface area contributed by atoms with Crippen LogP contribution in [0.15, 0.2) is 0 Å². The highest BCUT2D eigenvalue weighted by atomic mass is 19.4. The van der Waals surface area contributed by atoms with Crippen molar-refractivity contribution >= 4 is 74.7 Å². The average molecular weight is 1220 g/mol. The van der Waals surface area contributed by atoms with E-state index in [1.54, 1.807) is 6.92 Å². The van der Waals surface area contributed by atoms with Crippen molar-refractivity contribution in [2.75, 3.05) is 55.9 Å². The summed E-state index contributed by atoms with van der Waals surface area (Å²) in [5.41, 5.74) is 31.5. The van der Waals surface area contributed by atoms with Gasteiger partial charge in [0.25, 0.3) is 0 Å². The fourth-order valence-corrected chi connectivity index (χ4v) is 0. The summed E-state index contributed by atoms with van der Waals surface area (Å²) in [5, 5.41) is 7.57. The van der Waals surface area contributed by atoms with Crippen LogP contribution < -0.4 is 64.7 Å². The number of nitrogens with two attached hydrogens (primary N) is 7. The number of carbonyl (C=O) groups is 11. The third kappa shape index (κ3) is 12700. The first kappa shape index (κ1) is 220. The molecule has 0 aliphatic rings. The quantitative estimate of drug-likeness (QED) is 0.122. The van der Waals surface area contributed by atoms with Crippen molar-refractivity contribution in [3.63, 3.8) is 0 Å². The molecule has 23 nitrogen and oxygen atoms in total. The molecule has 0 fully saturated rings. The topological polar surface area (TPSA) is 530 Å². The summed E-state index contributed by atoms with van der Waals surface area (Å²) in [5.74, 6) is 5.25. The number of hydrogen-bond donors (Lipinski definition) is 12. The molecule has 26 heteroatoms. The molecule has 0 saturated carbocycles. The van der Waals surface area contributed by atoms with Crippen LogP contribution in [0.1, 0.15) is 198 Å². The maximum Gasteiger partial charge on any atom is 0.386 e. The van der Waals surface area contributed by atoms with E-state index in [0.717, 1.165) is 35.5 Å². The molecule has 0 spiro atoms. The Labute approximate surface area is 505 Å². The summed E-state index contributed by atoms with van der Waals surface area (Å²) in [7, 11) is 10.5. The third-order valence-electron chi connectivity index (χ3n) is 4.08. The molecule has 0 aliphatic carbocycles. The molecule has 81 heavy (non-hydrogen) atoms. The lowest BCUT2D eigenvalue weighted by Crippen LogP contribution is -1.95. The van der Waals surface area contributed by atoms with E-state index in [1.165, 1.54) is 81.4 Å². The Morgan fingerprint density at radius 1 is 0.284 bits per heavy atom. The van der Waals surface area contributed by atoms with Gasteiger partial charge in [-0.25, -0.2) is 0 Å². The number of rotatable bonds is 5. The second kappa shape index (κ2) is 640. The Hall–Kier alpha value is -4.32. The number of halogens is 3. The van der Waals surface area contributed by atoms with Crippen LogP contribution in [0.2, 0.25) is 0 Å². The average Bonchev–Trinajstić information content (AvgIpc) is 3.51. The lowest BCUT2D eigenvalue weighted by atomic mass is 10.2. The number of carbonyl (C=O) groups excluding carboxylic acids is 11. The van der Waals surface area contributed by atoms with Crippen LogP contribution in [0.5, 0.6) is 0 Å². The van der Waals surface area contributed by atoms with E-state index in [2.05, 4.69) is 165 Å². The van der Waals surface area contributed by atoms with E-state index in [4.69, 9.17) is 57.8 Å². The second-order valence-corrected chi connectivity index (χ2v) is 11.8. The number of hydrogen-bond acceptors (Lipinski definition) is 23. The molecule has 0 aliphatic heterocycles. The van der Waals surface area contributed by atoms with Gasteiger partial charge in [0.1, 0.15) is 74.7 Å². The Bertz CT molecular complexity index is 434. The SMILES string of the molecule is C=O.C=O.C=O.C=O.C=O.C=O.C=O.C=O.C=O.C=O.C=O.CC.CC.CC(C)C.CC(F)(F)F.CCC(C)C.CCC(C)C.CCC(C)C.CCC(C)C.CCC(C)C.CCO.CN.CN.CN.CN.CN.CN.CN.N.N.N.N. The summed E-state index contributed by atoms with van der Waals surface area (Å²) in [6.45, 7) is 71.8. The number of alkyl halides is 3. The normalized spacial score (nSPS) is 5.58. The van der Waals surface area contributed by atoms with E-state index >= 15 is 0 Å². The van der Waals surface area contributed by atoms with Crippen molar-refractivity contribution in [1.82, 2.24) is 24.6 Å². The van der Waals surface area contributed by atoms with Crippen molar-refractivity contribution in [1.29, 1.82) is 0 Å². The van der Waals surface area contributed by atoms with Gasteiger partial charge in [0, 0.05) is 13.5 Å². The Morgan fingerprint density at radius 3 is 0.296 bits per heavy atom. The van der Waals surface area contributed by atoms with Crippen LogP contribution in [0.25, 0.3) is 0 Å². The van der Waals surface area contributed by atoms with Gasteiger partial charge >= 0.3 is 6.18 Å². The van der Waals surface area contributed by atoms with Gasteiger partial charge in [-0.3, -0.25) is 0 Å². The molecule has 528 valence electrons. The van der Waals surface area contributed by atoms with E-state index in [-0.39, 0.29) is 38.1 Å². The van der Waals surface area contributed by atoms with Crippen LogP contribution in [-0.4, -0.2) is 142 Å². The summed E-state index contributed by atoms with van der Waals surface area (Å²) in [6.07, 6.45) is 2.53. The predicted molar refractivity (Wildman–Crippen MR) is 363 cm³/mol. The van der Waals surface area contributed by atoms with Crippen LogP contribution in [0.3, 0.4) is 0 Å². The minimum atomic E-state index is -4.00. The third-order valence-corrected chi connectivity index (χ3v) is 4.08. The van der Waals surface area contributed by atoms with Gasteiger partial charge in [0.2, 0.25) is 0 Å². The molecule has 0 bridgehead atoms. The largest absolute Gasteiger partial charge is 0.397 e. The molecule has 0 unspecified atom stereocenters. The highest BCUT2D eigenvalue weighted by molar-refractivity contribution is 5.12. The van der Waals surface area contributed by atoms with E-state index < -0.39 is 6.18 Å². The highest BCUT2D eigenvalue weighted by Crippen LogP contribution is 2.10. The minimum absolute atomic E-state index is 0. The molecule has 0 atom stereocenters. The smallest absolute Gasteiger partial charge is 0.386 e. The minimum Gasteiger partial charge on any atom is -0.397 e. The first-order valence-electron chi connectivity index (χ1n) is 24.4. The first-order valence-corrected chi connectivity index (χ1v) is 24.4. The van der Waals surface area contributed by atoms with Crippen molar-refractivity contribution in [3.05, 3.63) is 0 Å². The molecule has 0 radical (unpaired) electrons. The standard InChI is InChI=1S/5C5H12.C4H10.C2H3F3.C2H6O.2C2H6.7CH5N.11CH2O.4H3N/c5*1-4-5(2)3;1-4(2)3;1-2(3,4)5;1-2-3;20*1-2;;;;/h5*5H,4H2,1-3H3;4H,1-3H3;1H3;3H,2H2,1H3;2*1-2H3;7*2H2,1H3;11*1H2;4*1H3. The van der Waals surface area contributed by atoms with Crippen molar-refractivity contribution in [2.45, 2.75) is 204 Å². The lowest BCUT2D eigenvalue weighted by Gasteiger charge is -1.90. The van der Waals surface area contributed by atoms with Crippen LogP contribution in [0.4, 0.5) is 13.2 Å². The van der Waals surface area contributed by atoms with Crippen molar-refractivity contribution < 1.29 is 71.0 Å². The predicted octanol–water partition coefficient (Wildman–Crippen LogP) is 11.2. The fraction of sp³-hybridized carbons (Fsp3) is 0.800. The highest BCUT2D eigenvalue weighted by Gasteiger charge is 2.15. The van der Waals surface area contributed by atoms with Gasteiger partial charge in [0.05, 0.1) is 0 Å². The van der Waals surface area contributed by atoms with Crippen molar-refractivity contribution in [2.24, 2.45) is 75.6 Å². The Balaban J connectivity index is -0.0000000103. The monoisotopic (exact) mass is 1220 g/mol. The van der Waals surface area contributed by atoms with E-state index in [0.29, 0.717) is 0 Å². The zero-order valence-corrected chi connectivity index (χ0v) is 59.9. The van der Waals surface area contributed by atoms with Crippen molar-refractivity contribution in [3.8, 4) is 0 Å². The molecular weight excluding hydrogens is 1060 g/mol. The molecule has 0 aromatic rings. The van der Waals surface area contributed by atoms with Gasteiger partial charge in [-0.15, -0.1) is 0 Å². The molecule has 0 rings (SSSR count). The summed E-state index contributed by atoms with van der Waals surface area (Å²) in [6, 6.07) is 0. The molecule has 27 N–H and O–H groups in total. The molecule has 0 aromatic carbocycles. The van der Waals surface area contributed by atoms with Crippen LogP contribution in [-0.2, 0) is 52.7 Å². The van der Waals surface area contributed by atoms with E-state index in [1.807, 2.05) is 102 Å². The lowest BCUT2D eigenvalue weighted by molar-refractivity contribution is -0.110. The maximum atomic E-state index is 10.4. The Kier molecular flexibility index (Phi) is 1740. The molecule has 0 amide bonds. The number of aliphatic hydroxyl groups excluding tert-OH is 1. The van der Waals surface area contributed by atoms with Gasteiger partial charge in [-0.1, -0.05) is 184 Å². The van der Waals surface area contributed by atoms with Gasteiger partial charge in [-0.05, 0) is 91.8 Å². The van der Waals surface area contributed by atoms with E-state index in [9.17, 15) is 13.2 Å². The van der Waals surface area contributed by atoms with Crippen LogP contribution >= 0.6 is 0 Å². The van der Waals surface area contributed by atoms with Gasteiger partial charge in [0.15, 0.2) is 0 Å². The Morgan fingerprint density at radius 2 is 0.296 bits per heavy atom. The number of aliphatic hydroxyl groups is 1. The zero-order valence-electron chi connectivity index (χ0n) is 59.9.